The van der Waals surface area contributed by atoms with Crippen LogP contribution in [-0.2, 0) is 23.7 Å². The second kappa shape index (κ2) is 32.3. The average molecular weight is 697 g/mol. The number of ether oxygens (including phenoxy) is 4. The van der Waals surface area contributed by atoms with Crippen LogP contribution in [0.2, 0.25) is 0 Å². The number of rotatable bonds is 32. The first-order chi connectivity index (χ1) is 23.9. The monoisotopic (exact) mass is 697 g/mol. The van der Waals surface area contributed by atoms with Gasteiger partial charge in [0.1, 0.15) is 30.5 Å². The molecule has 6 atom stereocenters. The van der Waals surface area contributed by atoms with Crippen molar-refractivity contribution in [2.24, 2.45) is 0 Å². The molecule has 1 saturated heterocycles. The largest absolute Gasteiger partial charge is 0.457 e. The predicted molar refractivity (Wildman–Crippen MR) is 196 cm³/mol. The van der Waals surface area contributed by atoms with Gasteiger partial charge in [0.05, 0.1) is 19.8 Å². The van der Waals surface area contributed by atoms with E-state index in [0.29, 0.717) is 13.0 Å². The van der Waals surface area contributed by atoms with Crippen LogP contribution in [0.25, 0.3) is 0 Å². The fourth-order valence-electron chi connectivity index (χ4n) is 5.64. The fourth-order valence-corrected chi connectivity index (χ4v) is 5.64. The van der Waals surface area contributed by atoms with Crippen LogP contribution in [0.1, 0.15) is 149 Å². The third kappa shape index (κ3) is 24.3. The highest BCUT2D eigenvalue weighted by atomic mass is 16.7. The molecular weight excluding hydrogens is 624 g/mol. The fraction of sp³-hybridized carbons (Fsp3) is 0.825. The van der Waals surface area contributed by atoms with E-state index >= 15 is 0 Å². The highest BCUT2D eigenvalue weighted by Crippen LogP contribution is 2.22. The summed E-state index contributed by atoms with van der Waals surface area (Å²) in [6.45, 7) is 4.42. The van der Waals surface area contributed by atoms with Gasteiger partial charge in [-0.25, -0.2) is 0 Å². The summed E-state index contributed by atoms with van der Waals surface area (Å²) in [6, 6.07) is 0. The summed E-state index contributed by atoms with van der Waals surface area (Å²) in [4.78, 5) is 12.7. The van der Waals surface area contributed by atoms with E-state index in [2.05, 4.69) is 50.3 Å². The Hall–Kier alpha value is -1.59. The van der Waals surface area contributed by atoms with Gasteiger partial charge in [-0.3, -0.25) is 4.79 Å². The summed E-state index contributed by atoms with van der Waals surface area (Å²) in [6.07, 6.45) is 28.8. The lowest BCUT2D eigenvalue weighted by atomic mass is 9.99. The van der Waals surface area contributed by atoms with Crippen LogP contribution in [-0.4, -0.2) is 89.6 Å². The molecule has 6 unspecified atom stereocenters. The van der Waals surface area contributed by atoms with E-state index in [1.54, 1.807) is 0 Å². The minimum Gasteiger partial charge on any atom is -0.457 e. The normalized spacial score (nSPS) is 22.1. The van der Waals surface area contributed by atoms with Gasteiger partial charge in [0.25, 0.3) is 0 Å². The maximum absolute atomic E-state index is 12.7. The quantitative estimate of drug-likeness (QED) is 0.0318. The third-order valence-corrected chi connectivity index (χ3v) is 8.76. The third-order valence-electron chi connectivity index (χ3n) is 8.76. The minimum absolute atomic E-state index is 0.121. The Kier molecular flexibility index (Phi) is 30.0. The molecule has 9 heteroatoms. The number of aliphatic hydroxyl groups excluding tert-OH is 4. The molecule has 286 valence electrons. The molecule has 1 rings (SSSR count). The standard InChI is InChI=1S/C40H72O9/c1-3-5-7-9-11-13-15-17-18-20-22-24-26-28-30-46-32-34(33-47-40-39(45)38(44)37(43)35(31-41)49-40)48-36(42)29-27-25-23-21-19-16-14-12-10-8-6-4-2/h7,9,12-15,34-35,37-41,43-45H,3-6,8,10-11,16-33H2,1-2H3/b9-7-,14-12-,15-13-. The van der Waals surface area contributed by atoms with Gasteiger partial charge >= 0.3 is 5.97 Å². The summed E-state index contributed by atoms with van der Waals surface area (Å²) in [5, 5.41) is 39.9. The van der Waals surface area contributed by atoms with E-state index in [1.165, 1.54) is 57.8 Å². The zero-order valence-electron chi connectivity index (χ0n) is 30.9. The van der Waals surface area contributed by atoms with Crippen molar-refractivity contribution < 1.29 is 44.2 Å². The predicted octanol–water partition coefficient (Wildman–Crippen LogP) is 7.63. The van der Waals surface area contributed by atoms with Gasteiger partial charge in [0.2, 0.25) is 0 Å². The Balaban J connectivity index is 2.34. The summed E-state index contributed by atoms with van der Waals surface area (Å²) in [5.41, 5.74) is 0. The van der Waals surface area contributed by atoms with Crippen molar-refractivity contribution in [1.82, 2.24) is 0 Å². The van der Waals surface area contributed by atoms with E-state index in [0.717, 1.165) is 70.6 Å². The number of aliphatic hydroxyl groups is 4. The molecule has 49 heavy (non-hydrogen) atoms. The van der Waals surface area contributed by atoms with E-state index in [-0.39, 0.29) is 19.2 Å². The Morgan fingerprint density at radius 3 is 1.86 bits per heavy atom. The summed E-state index contributed by atoms with van der Waals surface area (Å²) in [7, 11) is 0. The molecule has 0 aromatic heterocycles. The summed E-state index contributed by atoms with van der Waals surface area (Å²) >= 11 is 0. The number of hydrogen-bond acceptors (Lipinski definition) is 9. The van der Waals surface area contributed by atoms with Crippen LogP contribution < -0.4 is 0 Å². The molecule has 0 radical (unpaired) electrons. The number of unbranched alkanes of at least 4 members (excludes halogenated alkanes) is 15. The van der Waals surface area contributed by atoms with Crippen LogP contribution in [0.3, 0.4) is 0 Å². The number of hydrogen-bond donors (Lipinski definition) is 4. The van der Waals surface area contributed by atoms with Crippen molar-refractivity contribution in [3.8, 4) is 0 Å². The lowest BCUT2D eigenvalue weighted by molar-refractivity contribution is -0.305. The second-order valence-corrected chi connectivity index (χ2v) is 13.4. The van der Waals surface area contributed by atoms with Crippen molar-refractivity contribution in [1.29, 1.82) is 0 Å². The Labute approximate surface area is 298 Å². The lowest BCUT2D eigenvalue weighted by Crippen LogP contribution is -2.59. The van der Waals surface area contributed by atoms with Crippen LogP contribution in [0.15, 0.2) is 36.5 Å². The molecule has 0 amide bonds. The summed E-state index contributed by atoms with van der Waals surface area (Å²) < 4.78 is 22.7. The first-order valence-electron chi connectivity index (χ1n) is 19.6. The van der Waals surface area contributed by atoms with Crippen LogP contribution >= 0.6 is 0 Å². The molecule has 1 heterocycles. The molecule has 0 aromatic carbocycles. The SMILES string of the molecule is CCC/C=C\C/C=C\CCCCCCCCOCC(COC1OC(CO)C(O)C(O)C1O)OC(=O)CCCCCCC/C=C\CCCCC. The number of esters is 1. The van der Waals surface area contributed by atoms with E-state index in [1.807, 2.05) is 0 Å². The van der Waals surface area contributed by atoms with E-state index in [9.17, 15) is 25.2 Å². The molecule has 0 bridgehead atoms. The molecule has 1 aliphatic heterocycles. The summed E-state index contributed by atoms with van der Waals surface area (Å²) in [5.74, 6) is -0.330. The molecule has 9 nitrogen and oxygen atoms in total. The van der Waals surface area contributed by atoms with Gasteiger partial charge in [-0.05, 0) is 64.2 Å². The number of carbonyl (C=O) groups excluding carboxylic acids is 1. The number of allylic oxidation sites excluding steroid dienone is 6. The first-order valence-corrected chi connectivity index (χ1v) is 19.6. The van der Waals surface area contributed by atoms with Gasteiger partial charge < -0.3 is 39.4 Å². The maximum Gasteiger partial charge on any atom is 0.306 e. The van der Waals surface area contributed by atoms with E-state index < -0.39 is 43.4 Å². The Morgan fingerprint density at radius 2 is 1.22 bits per heavy atom. The van der Waals surface area contributed by atoms with Crippen molar-refractivity contribution in [3.63, 3.8) is 0 Å². The molecule has 0 aromatic rings. The van der Waals surface area contributed by atoms with Gasteiger partial charge in [-0.15, -0.1) is 0 Å². The van der Waals surface area contributed by atoms with E-state index in [4.69, 9.17) is 18.9 Å². The van der Waals surface area contributed by atoms with Crippen molar-refractivity contribution in [2.75, 3.05) is 26.4 Å². The minimum atomic E-state index is -1.54. The number of carbonyl (C=O) groups is 1. The lowest BCUT2D eigenvalue weighted by Gasteiger charge is -2.39. The topological polar surface area (TPSA) is 135 Å². The van der Waals surface area contributed by atoms with Crippen molar-refractivity contribution in [3.05, 3.63) is 36.5 Å². The second-order valence-electron chi connectivity index (χ2n) is 13.4. The molecule has 4 N–H and O–H groups in total. The zero-order valence-corrected chi connectivity index (χ0v) is 30.9. The van der Waals surface area contributed by atoms with Crippen LogP contribution in [0.5, 0.6) is 0 Å². The van der Waals surface area contributed by atoms with Crippen molar-refractivity contribution >= 4 is 5.97 Å². The van der Waals surface area contributed by atoms with Crippen LogP contribution in [0, 0.1) is 0 Å². The molecule has 0 aliphatic carbocycles. The molecule has 1 aliphatic rings. The first kappa shape index (κ1) is 45.4. The van der Waals surface area contributed by atoms with Gasteiger partial charge in [0, 0.05) is 13.0 Å². The zero-order chi connectivity index (χ0) is 35.8. The average Bonchev–Trinajstić information content (AvgIpc) is 3.10. The molecule has 0 spiro atoms. The Bertz CT molecular complexity index is 844. The molecular formula is C40H72O9. The maximum atomic E-state index is 12.7. The van der Waals surface area contributed by atoms with Crippen molar-refractivity contribution in [2.45, 2.75) is 185 Å². The highest BCUT2D eigenvalue weighted by Gasteiger charge is 2.44. The molecule has 1 fully saturated rings. The van der Waals surface area contributed by atoms with Gasteiger partial charge in [0.15, 0.2) is 6.29 Å². The Morgan fingerprint density at radius 1 is 0.653 bits per heavy atom. The highest BCUT2D eigenvalue weighted by molar-refractivity contribution is 5.69. The van der Waals surface area contributed by atoms with Crippen LogP contribution in [0.4, 0.5) is 0 Å². The molecule has 0 saturated carbocycles. The smallest absolute Gasteiger partial charge is 0.306 e. The van der Waals surface area contributed by atoms with Gasteiger partial charge in [-0.1, -0.05) is 115 Å². The van der Waals surface area contributed by atoms with Gasteiger partial charge in [-0.2, -0.15) is 0 Å².